The maximum atomic E-state index is 12.1. The minimum atomic E-state index is -0.155. The number of hydrogen-bond donors (Lipinski definition) is 3. The molecule has 2 unspecified atom stereocenters. The van der Waals surface area contributed by atoms with E-state index in [2.05, 4.69) is 10.3 Å². The molecule has 1 heterocycles. The molecule has 1 aromatic heterocycles. The van der Waals surface area contributed by atoms with Gasteiger partial charge in [-0.15, -0.1) is 0 Å². The van der Waals surface area contributed by atoms with Crippen LogP contribution >= 0.6 is 0 Å². The van der Waals surface area contributed by atoms with Crippen molar-refractivity contribution in [3.8, 4) is 0 Å². The Morgan fingerprint density at radius 2 is 2.39 bits per heavy atom. The van der Waals surface area contributed by atoms with E-state index >= 15 is 0 Å². The molecule has 0 aromatic carbocycles. The van der Waals surface area contributed by atoms with Crippen LogP contribution in [0.15, 0.2) is 12.3 Å². The Morgan fingerprint density at radius 3 is 3.11 bits per heavy atom. The zero-order chi connectivity index (χ0) is 13.1. The highest BCUT2D eigenvalue weighted by Crippen LogP contribution is 2.25. The summed E-state index contributed by atoms with van der Waals surface area (Å²) in [5.41, 5.74) is 7.31. The number of aromatic nitrogens is 1. The SMILES string of the molecule is Cc1ncc(N)cc1C(=O)NC1CCCC1CO. The minimum absolute atomic E-state index is 0.0586. The number of carbonyl (C=O) groups excluding carboxylic acids is 1. The first-order valence-electron chi connectivity index (χ1n) is 6.25. The summed E-state index contributed by atoms with van der Waals surface area (Å²) in [6.07, 6.45) is 4.48. The molecule has 0 bridgehead atoms. The van der Waals surface area contributed by atoms with Crippen molar-refractivity contribution in [2.24, 2.45) is 5.92 Å². The van der Waals surface area contributed by atoms with Crippen LogP contribution in [0.4, 0.5) is 5.69 Å². The number of hydrogen-bond acceptors (Lipinski definition) is 4. The van der Waals surface area contributed by atoms with E-state index in [1.54, 1.807) is 13.0 Å². The first-order chi connectivity index (χ1) is 8.61. The van der Waals surface area contributed by atoms with E-state index in [0.29, 0.717) is 16.9 Å². The summed E-state index contributed by atoms with van der Waals surface area (Å²) in [6, 6.07) is 1.70. The molecule has 1 aliphatic rings. The van der Waals surface area contributed by atoms with Crippen molar-refractivity contribution in [1.29, 1.82) is 0 Å². The predicted molar refractivity (Wildman–Crippen MR) is 69.1 cm³/mol. The lowest BCUT2D eigenvalue weighted by atomic mass is 10.0. The van der Waals surface area contributed by atoms with E-state index in [1.807, 2.05) is 0 Å². The number of aliphatic hydroxyl groups excluding tert-OH is 1. The van der Waals surface area contributed by atoms with E-state index in [4.69, 9.17) is 5.73 Å². The van der Waals surface area contributed by atoms with Gasteiger partial charge in [-0.2, -0.15) is 0 Å². The maximum absolute atomic E-state index is 12.1. The van der Waals surface area contributed by atoms with Crippen LogP contribution in [0.2, 0.25) is 0 Å². The van der Waals surface area contributed by atoms with E-state index in [9.17, 15) is 9.90 Å². The number of anilines is 1. The summed E-state index contributed by atoms with van der Waals surface area (Å²) < 4.78 is 0. The summed E-state index contributed by atoms with van der Waals surface area (Å²) >= 11 is 0. The van der Waals surface area contributed by atoms with Crippen molar-refractivity contribution in [3.63, 3.8) is 0 Å². The summed E-state index contributed by atoms with van der Waals surface area (Å²) in [5, 5.41) is 12.2. The van der Waals surface area contributed by atoms with Crippen LogP contribution in [0.25, 0.3) is 0 Å². The van der Waals surface area contributed by atoms with Gasteiger partial charge in [0.15, 0.2) is 0 Å². The monoisotopic (exact) mass is 249 g/mol. The molecule has 1 aromatic rings. The number of carbonyl (C=O) groups is 1. The summed E-state index contributed by atoms with van der Waals surface area (Å²) in [7, 11) is 0. The Labute approximate surface area is 106 Å². The van der Waals surface area contributed by atoms with E-state index < -0.39 is 0 Å². The topological polar surface area (TPSA) is 88.2 Å². The van der Waals surface area contributed by atoms with E-state index in [-0.39, 0.29) is 24.5 Å². The average Bonchev–Trinajstić information content (AvgIpc) is 2.79. The van der Waals surface area contributed by atoms with Gasteiger partial charge >= 0.3 is 0 Å². The molecule has 4 N–H and O–H groups in total. The summed E-state index contributed by atoms with van der Waals surface area (Å²) in [5.74, 6) is 0.0147. The number of nitrogen functional groups attached to an aromatic ring is 1. The van der Waals surface area contributed by atoms with Gasteiger partial charge in [-0.3, -0.25) is 9.78 Å². The third kappa shape index (κ3) is 2.61. The zero-order valence-electron chi connectivity index (χ0n) is 10.5. The average molecular weight is 249 g/mol. The van der Waals surface area contributed by atoms with Crippen LogP contribution in [0.3, 0.4) is 0 Å². The van der Waals surface area contributed by atoms with Crippen LogP contribution in [-0.4, -0.2) is 28.6 Å². The summed E-state index contributed by atoms with van der Waals surface area (Å²) in [4.78, 5) is 16.2. The van der Waals surface area contributed by atoms with Crippen molar-refractivity contribution in [3.05, 3.63) is 23.5 Å². The van der Waals surface area contributed by atoms with Gasteiger partial charge in [0.05, 0.1) is 23.1 Å². The first kappa shape index (κ1) is 12.8. The van der Waals surface area contributed by atoms with Crippen LogP contribution in [0, 0.1) is 12.8 Å². The van der Waals surface area contributed by atoms with Crippen LogP contribution < -0.4 is 11.1 Å². The van der Waals surface area contributed by atoms with E-state index in [1.165, 1.54) is 6.20 Å². The van der Waals surface area contributed by atoms with Crippen molar-refractivity contribution in [2.45, 2.75) is 32.2 Å². The molecule has 0 radical (unpaired) electrons. The molecule has 0 spiro atoms. The molecular weight excluding hydrogens is 230 g/mol. The van der Waals surface area contributed by atoms with Crippen LogP contribution in [0.1, 0.15) is 35.3 Å². The fraction of sp³-hybridized carbons (Fsp3) is 0.538. The van der Waals surface area contributed by atoms with Gasteiger partial charge in [-0.05, 0) is 25.8 Å². The Hall–Kier alpha value is -1.62. The van der Waals surface area contributed by atoms with Crippen molar-refractivity contribution in [2.75, 3.05) is 12.3 Å². The van der Waals surface area contributed by atoms with Crippen molar-refractivity contribution < 1.29 is 9.90 Å². The normalized spacial score (nSPS) is 23.0. The fourth-order valence-corrected chi connectivity index (χ4v) is 2.47. The molecule has 1 fully saturated rings. The van der Waals surface area contributed by atoms with Gasteiger partial charge < -0.3 is 16.2 Å². The second kappa shape index (κ2) is 5.35. The van der Waals surface area contributed by atoms with Gasteiger partial charge in [0.25, 0.3) is 5.91 Å². The largest absolute Gasteiger partial charge is 0.397 e. The van der Waals surface area contributed by atoms with Gasteiger partial charge in [0.2, 0.25) is 0 Å². The number of pyridine rings is 1. The zero-order valence-corrected chi connectivity index (χ0v) is 10.5. The Bertz CT molecular complexity index is 448. The Balaban J connectivity index is 2.09. The van der Waals surface area contributed by atoms with Crippen molar-refractivity contribution in [1.82, 2.24) is 10.3 Å². The number of rotatable bonds is 3. The predicted octanol–water partition coefficient (Wildman–Crippen LogP) is 0.863. The molecule has 98 valence electrons. The number of aliphatic hydroxyl groups is 1. The Kier molecular flexibility index (Phi) is 3.81. The molecule has 5 heteroatoms. The molecule has 0 aliphatic heterocycles. The summed E-state index contributed by atoms with van der Waals surface area (Å²) in [6.45, 7) is 1.91. The first-order valence-corrected chi connectivity index (χ1v) is 6.25. The van der Waals surface area contributed by atoms with Crippen LogP contribution in [-0.2, 0) is 0 Å². The molecule has 1 aliphatic carbocycles. The molecule has 18 heavy (non-hydrogen) atoms. The van der Waals surface area contributed by atoms with Gasteiger partial charge in [-0.1, -0.05) is 6.42 Å². The highest BCUT2D eigenvalue weighted by Gasteiger charge is 2.28. The number of nitrogens with two attached hydrogens (primary N) is 1. The van der Waals surface area contributed by atoms with E-state index in [0.717, 1.165) is 19.3 Å². The molecule has 1 amide bonds. The van der Waals surface area contributed by atoms with Gasteiger partial charge in [0, 0.05) is 18.6 Å². The third-order valence-corrected chi connectivity index (χ3v) is 3.56. The fourth-order valence-electron chi connectivity index (χ4n) is 2.47. The second-order valence-corrected chi connectivity index (χ2v) is 4.86. The number of nitrogens with one attached hydrogen (secondary N) is 1. The third-order valence-electron chi connectivity index (χ3n) is 3.56. The number of amides is 1. The highest BCUT2D eigenvalue weighted by atomic mass is 16.3. The second-order valence-electron chi connectivity index (χ2n) is 4.86. The smallest absolute Gasteiger partial charge is 0.253 e. The van der Waals surface area contributed by atoms with Crippen molar-refractivity contribution >= 4 is 11.6 Å². The molecule has 5 nitrogen and oxygen atoms in total. The lowest BCUT2D eigenvalue weighted by Crippen LogP contribution is -2.38. The lowest BCUT2D eigenvalue weighted by Gasteiger charge is -2.19. The molecule has 0 saturated heterocycles. The highest BCUT2D eigenvalue weighted by molar-refractivity contribution is 5.96. The molecule has 2 atom stereocenters. The van der Waals surface area contributed by atoms with Gasteiger partial charge in [0.1, 0.15) is 0 Å². The molecule has 2 rings (SSSR count). The standard InChI is InChI=1S/C13H19N3O2/c1-8-11(5-10(14)6-15-8)13(18)16-12-4-2-3-9(12)7-17/h5-6,9,12,17H,2-4,7,14H2,1H3,(H,16,18). The maximum Gasteiger partial charge on any atom is 0.253 e. The van der Waals surface area contributed by atoms with Gasteiger partial charge in [-0.25, -0.2) is 0 Å². The number of nitrogens with zero attached hydrogens (tertiary/aromatic N) is 1. The molecular formula is C13H19N3O2. The Morgan fingerprint density at radius 1 is 1.61 bits per heavy atom. The number of aryl methyl sites for hydroxylation is 1. The molecule has 1 saturated carbocycles. The quantitative estimate of drug-likeness (QED) is 0.741. The minimum Gasteiger partial charge on any atom is -0.397 e. The van der Waals surface area contributed by atoms with Crippen LogP contribution in [0.5, 0.6) is 0 Å². The lowest BCUT2D eigenvalue weighted by molar-refractivity contribution is 0.0915.